The molecule has 4 nitrogen and oxygen atoms in total. The van der Waals surface area contributed by atoms with Gasteiger partial charge in [0.05, 0.1) is 5.41 Å². The van der Waals surface area contributed by atoms with E-state index in [-0.39, 0.29) is 12.3 Å². The molecule has 0 radical (unpaired) electrons. The van der Waals surface area contributed by atoms with Gasteiger partial charge in [-0.3, -0.25) is 9.59 Å². The van der Waals surface area contributed by atoms with Gasteiger partial charge in [-0.25, -0.2) is 0 Å². The minimum absolute atomic E-state index is 0.0191. The summed E-state index contributed by atoms with van der Waals surface area (Å²) >= 11 is 0. The van der Waals surface area contributed by atoms with Gasteiger partial charge < -0.3 is 10.4 Å². The third-order valence-electron chi connectivity index (χ3n) is 3.43. The van der Waals surface area contributed by atoms with E-state index in [2.05, 4.69) is 33.0 Å². The van der Waals surface area contributed by atoms with Crippen LogP contribution >= 0.6 is 0 Å². The average molecular weight is 257 g/mol. The number of hydrogen-bond acceptors (Lipinski definition) is 2. The van der Waals surface area contributed by atoms with Crippen molar-refractivity contribution in [3.63, 3.8) is 0 Å². The summed E-state index contributed by atoms with van der Waals surface area (Å²) in [5.74, 6) is 0.285. The number of carbonyl (C=O) groups is 2. The Morgan fingerprint density at radius 2 is 1.56 bits per heavy atom. The largest absolute Gasteiger partial charge is 0.481 e. The van der Waals surface area contributed by atoms with Crippen molar-refractivity contribution >= 4 is 11.9 Å². The molecule has 106 valence electrons. The molecule has 0 bridgehead atoms. The summed E-state index contributed by atoms with van der Waals surface area (Å²) in [5.41, 5.74) is -1.00. The fourth-order valence-electron chi connectivity index (χ4n) is 2.01. The van der Waals surface area contributed by atoms with E-state index < -0.39 is 11.4 Å². The van der Waals surface area contributed by atoms with Crippen molar-refractivity contribution < 1.29 is 14.7 Å². The summed E-state index contributed by atoms with van der Waals surface area (Å²) in [6.07, 6.45) is 0.0191. The lowest BCUT2D eigenvalue weighted by molar-refractivity contribution is -0.149. The molecule has 0 atom stereocenters. The molecule has 0 aromatic carbocycles. The van der Waals surface area contributed by atoms with Crippen LogP contribution in [0.4, 0.5) is 0 Å². The van der Waals surface area contributed by atoms with Crippen molar-refractivity contribution in [3.8, 4) is 0 Å². The molecule has 0 spiro atoms. The molecule has 0 aliphatic heterocycles. The highest BCUT2D eigenvalue weighted by Gasteiger charge is 2.30. The number of nitrogens with one attached hydrogen (secondary N) is 1. The third-order valence-corrected chi connectivity index (χ3v) is 3.43. The molecule has 0 saturated carbocycles. The van der Waals surface area contributed by atoms with Gasteiger partial charge in [0.25, 0.3) is 0 Å². The van der Waals surface area contributed by atoms with Crippen molar-refractivity contribution in [2.45, 2.75) is 48.0 Å². The van der Waals surface area contributed by atoms with Gasteiger partial charge in [-0.05, 0) is 31.6 Å². The molecule has 0 aliphatic carbocycles. The highest BCUT2D eigenvalue weighted by atomic mass is 16.4. The van der Waals surface area contributed by atoms with Crippen LogP contribution in [0.15, 0.2) is 0 Å². The Hall–Kier alpha value is -1.06. The second-order valence-corrected chi connectivity index (χ2v) is 6.32. The standard InChI is InChI=1S/C14H27NO3/c1-9(2)11(10(3)4)8-15-12(16)7-14(5,6)13(17)18/h9-11H,7-8H2,1-6H3,(H,15,16)(H,17,18). The van der Waals surface area contributed by atoms with Gasteiger partial charge in [0.15, 0.2) is 0 Å². The summed E-state index contributed by atoms with van der Waals surface area (Å²) in [6.45, 7) is 12.3. The minimum Gasteiger partial charge on any atom is -0.481 e. The van der Waals surface area contributed by atoms with Crippen LogP contribution in [0.5, 0.6) is 0 Å². The molecular weight excluding hydrogens is 230 g/mol. The quantitative estimate of drug-likeness (QED) is 0.736. The van der Waals surface area contributed by atoms with Crippen LogP contribution in [0.1, 0.15) is 48.0 Å². The summed E-state index contributed by atoms with van der Waals surface area (Å²) < 4.78 is 0. The van der Waals surface area contributed by atoms with Crippen LogP contribution in [0.25, 0.3) is 0 Å². The second kappa shape index (κ2) is 6.76. The van der Waals surface area contributed by atoms with Crippen LogP contribution in [-0.4, -0.2) is 23.5 Å². The van der Waals surface area contributed by atoms with Crippen molar-refractivity contribution in [1.82, 2.24) is 5.32 Å². The smallest absolute Gasteiger partial charge is 0.309 e. The molecule has 2 N–H and O–H groups in total. The minimum atomic E-state index is -1.00. The first-order valence-electron chi connectivity index (χ1n) is 6.58. The van der Waals surface area contributed by atoms with Crippen LogP contribution in [0.2, 0.25) is 0 Å². The van der Waals surface area contributed by atoms with Crippen LogP contribution in [0.3, 0.4) is 0 Å². The SMILES string of the molecule is CC(C)C(CNC(=O)CC(C)(C)C(=O)O)C(C)C. The van der Waals surface area contributed by atoms with Gasteiger partial charge in [0, 0.05) is 13.0 Å². The Morgan fingerprint density at radius 3 is 1.89 bits per heavy atom. The number of rotatable bonds is 7. The predicted octanol–water partition coefficient (Wildman–Crippen LogP) is 2.53. The first-order chi connectivity index (χ1) is 8.08. The van der Waals surface area contributed by atoms with Crippen LogP contribution < -0.4 is 5.32 Å². The lowest BCUT2D eigenvalue weighted by Gasteiger charge is -2.26. The van der Waals surface area contributed by atoms with E-state index in [4.69, 9.17) is 5.11 Å². The second-order valence-electron chi connectivity index (χ2n) is 6.32. The maximum Gasteiger partial charge on any atom is 0.309 e. The van der Waals surface area contributed by atoms with Gasteiger partial charge in [-0.2, -0.15) is 0 Å². The summed E-state index contributed by atoms with van der Waals surface area (Å²) in [4.78, 5) is 22.7. The Bertz CT molecular complexity index is 287. The monoisotopic (exact) mass is 257 g/mol. The number of carbonyl (C=O) groups excluding carboxylic acids is 1. The zero-order valence-electron chi connectivity index (χ0n) is 12.4. The predicted molar refractivity (Wildman–Crippen MR) is 72.2 cm³/mol. The van der Waals surface area contributed by atoms with E-state index in [1.165, 1.54) is 0 Å². The summed E-state index contributed by atoms with van der Waals surface area (Å²) in [5, 5.41) is 11.8. The van der Waals surface area contributed by atoms with Crippen molar-refractivity contribution in [2.24, 2.45) is 23.2 Å². The van der Waals surface area contributed by atoms with E-state index in [1.807, 2.05) is 0 Å². The highest BCUT2D eigenvalue weighted by Crippen LogP contribution is 2.22. The first kappa shape index (κ1) is 16.9. The first-order valence-corrected chi connectivity index (χ1v) is 6.58. The average Bonchev–Trinajstić information content (AvgIpc) is 2.15. The Kier molecular flexibility index (Phi) is 6.36. The normalized spacial score (nSPS) is 12.3. The van der Waals surface area contributed by atoms with E-state index in [0.29, 0.717) is 24.3 Å². The fourth-order valence-corrected chi connectivity index (χ4v) is 2.01. The van der Waals surface area contributed by atoms with E-state index in [9.17, 15) is 9.59 Å². The molecule has 4 heteroatoms. The van der Waals surface area contributed by atoms with Crippen molar-refractivity contribution in [3.05, 3.63) is 0 Å². The molecule has 0 aliphatic rings. The van der Waals surface area contributed by atoms with Gasteiger partial charge >= 0.3 is 5.97 Å². The topological polar surface area (TPSA) is 66.4 Å². The zero-order valence-corrected chi connectivity index (χ0v) is 12.4. The van der Waals surface area contributed by atoms with Crippen molar-refractivity contribution in [1.29, 1.82) is 0 Å². The number of carboxylic acids is 1. The van der Waals surface area contributed by atoms with Crippen molar-refractivity contribution in [2.75, 3.05) is 6.54 Å². The maximum absolute atomic E-state index is 11.7. The molecule has 0 rings (SSSR count). The molecule has 0 heterocycles. The van der Waals surface area contributed by atoms with Gasteiger partial charge in [-0.1, -0.05) is 27.7 Å². The third kappa shape index (κ3) is 5.52. The van der Waals surface area contributed by atoms with E-state index >= 15 is 0 Å². The van der Waals surface area contributed by atoms with E-state index in [0.717, 1.165) is 0 Å². The number of hydrogen-bond donors (Lipinski definition) is 2. The number of carboxylic acid groups (broad SMARTS) is 1. The van der Waals surface area contributed by atoms with Crippen LogP contribution in [0, 0.1) is 23.2 Å². The fraction of sp³-hybridized carbons (Fsp3) is 0.857. The molecule has 0 aromatic heterocycles. The zero-order chi connectivity index (χ0) is 14.5. The van der Waals surface area contributed by atoms with Gasteiger partial charge in [0.1, 0.15) is 0 Å². The Balaban J connectivity index is 4.30. The molecule has 1 amide bonds. The Morgan fingerprint density at radius 1 is 1.11 bits per heavy atom. The van der Waals surface area contributed by atoms with Gasteiger partial charge in [-0.15, -0.1) is 0 Å². The lowest BCUT2D eigenvalue weighted by Crippen LogP contribution is -2.37. The molecular formula is C14H27NO3. The molecule has 18 heavy (non-hydrogen) atoms. The molecule has 0 aromatic rings. The van der Waals surface area contributed by atoms with Gasteiger partial charge in [0.2, 0.25) is 5.91 Å². The highest BCUT2D eigenvalue weighted by molar-refractivity contribution is 5.84. The molecule has 0 saturated heterocycles. The number of aliphatic carboxylic acids is 1. The Labute approximate surface area is 110 Å². The molecule has 0 unspecified atom stereocenters. The summed E-state index contributed by atoms with van der Waals surface area (Å²) in [7, 11) is 0. The number of amides is 1. The van der Waals surface area contributed by atoms with Crippen LogP contribution in [-0.2, 0) is 9.59 Å². The van der Waals surface area contributed by atoms with E-state index in [1.54, 1.807) is 13.8 Å². The maximum atomic E-state index is 11.7. The molecule has 0 fully saturated rings. The lowest BCUT2D eigenvalue weighted by atomic mass is 9.85. The summed E-state index contributed by atoms with van der Waals surface area (Å²) in [6, 6.07) is 0.